The number of aromatic nitrogens is 3. The fraction of sp³-hybridized carbons (Fsp3) is 0.316. The Morgan fingerprint density at radius 3 is 2.72 bits per heavy atom. The van der Waals surface area contributed by atoms with Gasteiger partial charge in [-0.3, -0.25) is 14.7 Å². The van der Waals surface area contributed by atoms with Gasteiger partial charge in [0.05, 0.1) is 0 Å². The Balaban J connectivity index is 1.18. The Kier molecular flexibility index (Phi) is 3.15. The maximum absolute atomic E-state index is 10.7. The highest BCUT2D eigenvalue weighted by Crippen LogP contribution is 2.42. The molecule has 0 N–H and O–H groups in total. The van der Waals surface area contributed by atoms with Gasteiger partial charge in [0, 0.05) is 74.7 Å². The van der Waals surface area contributed by atoms with E-state index in [1.54, 1.807) is 6.07 Å². The molecule has 0 radical (unpaired) electrons. The number of anilines is 1. The second-order valence-electron chi connectivity index (χ2n) is 7.29. The number of hydrogen-bond donors (Lipinski definition) is 0. The topological polar surface area (TPSA) is 53.7 Å². The Hall–Kier alpha value is -2.73. The second-order valence-corrected chi connectivity index (χ2v) is 7.29. The van der Waals surface area contributed by atoms with Crippen LogP contribution in [0.25, 0.3) is 5.65 Å². The lowest BCUT2D eigenvalue weighted by Gasteiger charge is -2.61. The summed E-state index contributed by atoms with van der Waals surface area (Å²) >= 11 is 0. The first-order valence-electron chi connectivity index (χ1n) is 8.53. The Morgan fingerprint density at radius 1 is 1.08 bits per heavy atom. The van der Waals surface area contributed by atoms with Crippen LogP contribution in [0.3, 0.4) is 0 Å². The van der Waals surface area contributed by atoms with Gasteiger partial charge >= 0.3 is 0 Å². The summed E-state index contributed by atoms with van der Waals surface area (Å²) < 4.78 is 2.04. The fourth-order valence-corrected chi connectivity index (χ4v) is 4.11. The minimum Gasteiger partial charge on any atom is -0.370 e. The molecule has 3 aromatic rings. The summed E-state index contributed by atoms with van der Waals surface area (Å²) in [5, 5.41) is 0. The molecular weight excluding hydrogens is 314 g/mol. The summed E-state index contributed by atoms with van der Waals surface area (Å²) in [7, 11) is 0. The van der Waals surface area contributed by atoms with Crippen molar-refractivity contribution < 1.29 is 4.79 Å². The van der Waals surface area contributed by atoms with Crippen LogP contribution in [0.2, 0.25) is 0 Å². The number of carbonyl (C=O) groups excluding carboxylic acids is 1. The van der Waals surface area contributed by atoms with Crippen molar-refractivity contribution in [2.75, 3.05) is 31.1 Å². The van der Waals surface area contributed by atoms with Gasteiger partial charge in [0.1, 0.15) is 11.3 Å². The zero-order chi connectivity index (χ0) is 16.9. The molecule has 0 bridgehead atoms. The molecule has 0 aromatic carbocycles. The quantitative estimate of drug-likeness (QED) is 0.682. The Bertz CT molecular complexity index is 918. The molecular formula is C19H19N5O. The van der Waals surface area contributed by atoms with Crippen molar-refractivity contribution in [2.24, 2.45) is 5.41 Å². The SMILES string of the molecule is O=Cc1ccc(CN2CC3(C2)CN(c2ccn4ccnc4c2)C3)cn1. The van der Waals surface area contributed by atoms with Crippen LogP contribution in [0.5, 0.6) is 0 Å². The summed E-state index contributed by atoms with van der Waals surface area (Å²) in [6.45, 7) is 5.40. The maximum Gasteiger partial charge on any atom is 0.168 e. The minimum atomic E-state index is 0.442. The van der Waals surface area contributed by atoms with Gasteiger partial charge in [-0.25, -0.2) is 4.98 Å². The van der Waals surface area contributed by atoms with E-state index in [9.17, 15) is 4.79 Å². The summed E-state index contributed by atoms with van der Waals surface area (Å²) in [6, 6.07) is 8.10. The van der Waals surface area contributed by atoms with Crippen molar-refractivity contribution in [1.29, 1.82) is 0 Å². The number of pyridine rings is 2. The molecule has 5 rings (SSSR count). The van der Waals surface area contributed by atoms with Gasteiger partial charge in [-0.05, 0) is 17.7 Å². The normalized spacial score (nSPS) is 19.0. The molecule has 6 heteroatoms. The fourth-order valence-electron chi connectivity index (χ4n) is 4.11. The molecule has 2 aliphatic rings. The number of hydrogen-bond acceptors (Lipinski definition) is 5. The molecule has 25 heavy (non-hydrogen) atoms. The standard InChI is InChI=1S/C19H19N5O/c25-10-16-2-1-15(8-21-16)9-22-11-19(12-22)13-24(14-19)17-3-5-23-6-4-20-18(23)7-17/h1-8,10H,9,11-14H2. The zero-order valence-electron chi connectivity index (χ0n) is 13.9. The molecule has 2 fully saturated rings. The summed E-state index contributed by atoms with van der Waals surface area (Å²) in [5.41, 5.74) is 4.36. The Morgan fingerprint density at radius 2 is 1.96 bits per heavy atom. The molecule has 6 nitrogen and oxygen atoms in total. The van der Waals surface area contributed by atoms with Gasteiger partial charge in [0.25, 0.3) is 0 Å². The lowest BCUT2D eigenvalue weighted by Crippen LogP contribution is -2.71. The third-order valence-corrected chi connectivity index (χ3v) is 5.29. The van der Waals surface area contributed by atoms with Crippen molar-refractivity contribution in [3.8, 4) is 0 Å². The van der Waals surface area contributed by atoms with E-state index in [2.05, 4.69) is 38.1 Å². The van der Waals surface area contributed by atoms with Gasteiger partial charge in [-0.2, -0.15) is 0 Å². The molecule has 0 unspecified atom stereocenters. The van der Waals surface area contributed by atoms with Gasteiger partial charge in [-0.1, -0.05) is 6.07 Å². The number of likely N-dealkylation sites (tertiary alicyclic amines) is 1. The van der Waals surface area contributed by atoms with Crippen LogP contribution in [-0.2, 0) is 6.54 Å². The van der Waals surface area contributed by atoms with E-state index in [1.165, 1.54) is 11.3 Å². The number of rotatable bonds is 4. The molecule has 5 heterocycles. The van der Waals surface area contributed by atoms with E-state index in [4.69, 9.17) is 0 Å². The highest BCUT2D eigenvalue weighted by atomic mass is 16.1. The van der Waals surface area contributed by atoms with E-state index in [-0.39, 0.29) is 0 Å². The van der Waals surface area contributed by atoms with Crippen LogP contribution in [0.15, 0.2) is 49.1 Å². The van der Waals surface area contributed by atoms with Crippen LogP contribution < -0.4 is 4.90 Å². The largest absolute Gasteiger partial charge is 0.370 e. The molecule has 3 aromatic heterocycles. The molecule has 0 aliphatic carbocycles. The highest BCUT2D eigenvalue weighted by Gasteiger charge is 2.51. The van der Waals surface area contributed by atoms with Crippen molar-refractivity contribution in [2.45, 2.75) is 6.54 Å². The third kappa shape index (κ3) is 2.49. The third-order valence-electron chi connectivity index (χ3n) is 5.29. The predicted octanol–water partition coefficient (Wildman–Crippen LogP) is 1.86. The lowest BCUT2D eigenvalue weighted by molar-refractivity contribution is -0.0273. The first-order chi connectivity index (χ1) is 12.2. The number of imidazole rings is 1. The van der Waals surface area contributed by atoms with Crippen LogP contribution >= 0.6 is 0 Å². The van der Waals surface area contributed by atoms with E-state index in [0.717, 1.165) is 44.7 Å². The average molecular weight is 333 g/mol. The van der Waals surface area contributed by atoms with Crippen LogP contribution in [0, 0.1) is 5.41 Å². The molecule has 2 saturated heterocycles. The smallest absolute Gasteiger partial charge is 0.168 e. The van der Waals surface area contributed by atoms with Crippen LogP contribution in [0.4, 0.5) is 5.69 Å². The maximum atomic E-state index is 10.7. The van der Waals surface area contributed by atoms with Crippen molar-refractivity contribution >= 4 is 17.6 Å². The first kappa shape index (κ1) is 14.6. The average Bonchev–Trinajstić information content (AvgIpc) is 3.04. The highest BCUT2D eigenvalue weighted by molar-refractivity contribution is 5.71. The van der Waals surface area contributed by atoms with Crippen molar-refractivity contribution in [1.82, 2.24) is 19.3 Å². The summed E-state index contributed by atoms with van der Waals surface area (Å²) in [5.74, 6) is 0. The van der Waals surface area contributed by atoms with Gasteiger partial charge < -0.3 is 9.30 Å². The lowest BCUT2D eigenvalue weighted by atomic mass is 9.72. The van der Waals surface area contributed by atoms with E-state index >= 15 is 0 Å². The van der Waals surface area contributed by atoms with E-state index in [1.807, 2.05) is 29.1 Å². The summed E-state index contributed by atoms with van der Waals surface area (Å²) in [4.78, 5) is 24.1. The van der Waals surface area contributed by atoms with Gasteiger partial charge in [0.2, 0.25) is 0 Å². The van der Waals surface area contributed by atoms with Gasteiger partial charge in [-0.15, -0.1) is 0 Å². The number of nitrogens with zero attached hydrogens (tertiary/aromatic N) is 5. The van der Waals surface area contributed by atoms with Gasteiger partial charge in [0.15, 0.2) is 6.29 Å². The molecule has 2 aliphatic heterocycles. The van der Waals surface area contributed by atoms with E-state index < -0.39 is 0 Å². The van der Waals surface area contributed by atoms with Crippen molar-refractivity contribution in [3.63, 3.8) is 0 Å². The zero-order valence-corrected chi connectivity index (χ0v) is 13.9. The molecule has 0 amide bonds. The van der Waals surface area contributed by atoms with Crippen molar-refractivity contribution in [3.05, 3.63) is 60.3 Å². The first-order valence-corrected chi connectivity index (χ1v) is 8.53. The van der Waals surface area contributed by atoms with E-state index in [0.29, 0.717) is 11.1 Å². The monoisotopic (exact) mass is 333 g/mol. The molecule has 1 spiro atoms. The summed E-state index contributed by atoms with van der Waals surface area (Å²) in [6.07, 6.45) is 8.47. The molecule has 126 valence electrons. The number of aldehydes is 1. The van der Waals surface area contributed by atoms with Crippen LogP contribution in [-0.4, -0.2) is 51.7 Å². The van der Waals surface area contributed by atoms with Crippen LogP contribution in [0.1, 0.15) is 16.1 Å². The predicted molar refractivity (Wildman–Crippen MR) is 94.7 cm³/mol. The minimum absolute atomic E-state index is 0.442. The Labute approximate surface area is 145 Å². The molecule has 0 atom stereocenters. The number of carbonyl (C=O) groups is 1. The second kappa shape index (κ2) is 5.39. The molecule has 0 saturated carbocycles. The number of fused-ring (bicyclic) bond motifs is 1.